The Morgan fingerprint density at radius 1 is 1.28 bits per heavy atom. The number of rotatable bonds is 5. The van der Waals surface area contributed by atoms with E-state index in [4.69, 9.17) is 9.84 Å². The Hall–Kier alpha value is -1.59. The molecule has 18 heavy (non-hydrogen) atoms. The van der Waals surface area contributed by atoms with E-state index in [0.717, 1.165) is 0 Å². The largest absolute Gasteiger partial charge is 0.480 e. The molecule has 0 radical (unpaired) electrons. The standard InChI is InChI=1S/C12H19NO5/c1-5(2)7-9(18-12(7)17)10(14)13-8(6(3)4)11(15)16/h5-9H,1-4H3,(H,13,14)(H,15,16)/t7-,8-,9+/m0/s1. The number of nitrogens with one attached hydrogen (secondary N) is 1. The van der Waals surface area contributed by atoms with Crippen LogP contribution in [0.15, 0.2) is 0 Å². The first kappa shape index (κ1) is 14.5. The number of hydrogen-bond donors (Lipinski definition) is 2. The number of amides is 1. The fourth-order valence-electron chi connectivity index (χ4n) is 1.92. The van der Waals surface area contributed by atoms with Crippen molar-refractivity contribution in [1.82, 2.24) is 5.32 Å². The van der Waals surface area contributed by atoms with Gasteiger partial charge in [0.15, 0.2) is 6.10 Å². The zero-order valence-electron chi connectivity index (χ0n) is 11.0. The highest BCUT2D eigenvalue weighted by atomic mass is 16.6. The van der Waals surface area contributed by atoms with Crippen molar-refractivity contribution in [3.8, 4) is 0 Å². The van der Waals surface area contributed by atoms with Gasteiger partial charge in [-0.05, 0) is 11.8 Å². The molecule has 0 bridgehead atoms. The van der Waals surface area contributed by atoms with Gasteiger partial charge in [0.2, 0.25) is 0 Å². The molecule has 0 saturated carbocycles. The second-order valence-electron chi connectivity index (χ2n) is 5.20. The average Bonchev–Trinajstić information content (AvgIpc) is 2.19. The predicted octanol–water partition coefficient (Wildman–Crippen LogP) is 0.409. The Kier molecular flexibility index (Phi) is 4.32. The number of carboxylic acids is 1. The highest BCUT2D eigenvalue weighted by Gasteiger charge is 2.49. The van der Waals surface area contributed by atoms with Crippen LogP contribution in [-0.2, 0) is 19.1 Å². The molecule has 6 heteroatoms. The van der Waals surface area contributed by atoms with E-state index < -0.39 is 35.9 Å². The van der Waals surface area contributed by atoms with Crippen LogP contribution in [0.5, 0.6) is 0 Å². The lowest BCUT2D eigenvalue weighted by Crippen LogP contribution is -2.59. The molecule has 3 atom stereocenters. The molecule has 102 valence electrons. The molecule has 0 spiro atoms. The molecule has 1 aliphatic heterocycles. The van der Waals surface area contributed by atoms with Gasteiger partial charge in [-0.2, -0.15) is 0 Å². The van der Waals surface area contributed by atoms with E-state index >= 15 is 0 Å². The molecule has 0 aliphatic carbocycles. The van der Waals surface area contributed by atoms with E-state index in [1.807, 2.05) is 13.8 Å². The lowest BCUT2D eigenvalue weighted by Gasteiger charge is -2.37. The van der Waals surface area contributed by atoms with E-state index in [1.54, 1.807) is 13.8 Å². The number of carboxylic acid groups (broad SMARTS) is 1. The number of carbonyl (C=O) groups excluding carboxylic acids is 2. The van der Waals surface area contributed by atoms with Crippen LogP contribution >= 0.6 is 0 Å². The van der Waals surface area contributed by atoms with Crippen LogP contribution in [0, 0.1) is 17.8 Å². The summed E-state index contributed by atoms with van der Waals surface area (Å²) in [5, 5.41) is 11.4. The van der Waals surface area contributed by atoms with E-state index in [1.165, 1.54) is 0 Å². The van der Waals surface area contributed by atoms with Gasteiger partial charge in [-0.1, -0.05) is 27.7 Å². The number of carbonyl (C=O) groups is 3. The van der Waals surface area contributed by atoms with Gasteiger partial charge in [-0.25, -0.2) is 4.79 Å². The summed E-state index contributed by atoms with van der Waals surface area (Å²) < 4.78 is 4.79. The van der Waals surface area contributed by atoms with Gasteiger partial charge in [0.25, 0.3) is 5.91 Å². The van der Waals surface area contributed by atoms with Crippen molar-refractivity contribution in [3.05, 3.63) is 0 Å². The van der Waals surface area contributed by atoms with Crippen LogP contribution in [0.2, 0.25) is 0 Å². The quantitative estimate of drug-likeness (QED) is 0.696. The zero-order chi connectivity index (χ0) is 14.0. The van der Waals surface area contributed by atoms with Gasteiger partial charge in [0.05, 0.1) is 0 Å². The van der Waals surface area contributed by atoms with Crippen LogP contribution < -0.4 is 5.32 Å². The zero-order valence-corrected chi connectivity index (χ0v) is 11.0. The highest BCUT2D eigenvalue weighted by Crippen LogP contribution is 2.29. The molecule has 0 aromatic carbocycles. The maximum absolute atomic E-state index is 11.9. The van der Waals surface area contributed by atoms with Gasteiger partial charge in [0.1, 0.15) is 12.0 Å². The molecule has 1 fully saturated rings. The number of cyclic esters (lactones) is 1. The van der Waals surface area contributed by atoms with Gasteiger partial charge in [-0.3, -0.25) is 9.59 Å². The van der Waals surface area contributed by atoms with Gasteiger partial charge in [-0.15, -0.1) is 0 Å². The van der Waals surface area contributed by atoms with Gasteiger partial charge < -0.3 is 15.2 Å². The lowest BCUT2D eigenvalue weighted by atomic mass is 9.85. The summed E-state index contributed by atoms with van der Waals surface area (Å²) in [5.74, 6) is -2.75. The molecule has 1 amide bonds. The number of ether oxygens (including phenoxy) is 1. The SMILES string of the molecule is CC(C)[C@H](NC(=O)[C@@H]1OC(=O)[C@H]1C(C)C)C(=O)O. The van der Waals surface area contributed by atoms with Gasteiger partial charge >= 0.3 is 11.9 Å². The lowest BCUT2D eigenvalue weighted by molar-refractivity contribution is -0.193. The van der Waals surface area contributed by atoms with Crippen molar-refractivity contribution in [2.24, 2.45) is 17.8 Å². The molecule has 1 saturated heterocycles. The van der Waals surface area contributed by atoms with Gasteiger partial charge in [0, 0.05) is 0 Å². The fraction of sp³-hybridized carbons (Fsp3) is 0.750. The van der Waals surface area contributed by atoms with Crippen LogP contribution in [0.4, 0.5) is 0 Å². The summed E-state index contributed by atoms with van der Waals surface area (Å²) in [7, 11) is 0. The van der Waals surface area contributed by atoms with Crippen molar-refractivity contribution in [2.45, 2.75) is 39.8 Å². The van der Waals surface area contributed by atoms with Crippen LogP contribution in [0.1, 0.15) is 27.7 Å². The van der Waals surface area contributed by atoms with E-state index in [2.05, 4.69) is 5.32 Å². The third-order valence-electron chi connectivity index (χ3n) is 3.05. The van der Waals surface area contributed by atoms with Crippen molar-refractivity contribution < 1.29 is 24.2 Å². The molecule has 0 aromatic rings. The third-order valence-corrected chi connectivity index (χ3v) is 3.05. The Bertz CT molecular complexity index is 363. The highest BCUT2D eigenvalue weighted by molar-refractivity contribution is 5.95. The number of esters is 1. The molecule has 0 aromatic heterocycles. The minimum Gasteiger partial charge on any atom is -0.480 e. The smallest absolute Gasteiger partial charge is 0.326 e. The molecule has 2 N–H and O–H groups in total. The normalized spacial score (nSPS) is 24.4. The monoisotopic (exact) mass is 257 g/mol. The Balaban J connectivity index is 2.66. The van der Waals surface area contributed by atoms with Crippen LogP contribution in [0.25, 0.3) is 0 Å². The van der Waals surface area contributed by atoms with E-state index in [-0.39, 0.29) is 11.8 Å². The Morgan fingerprint density at radius 2 is 1.83 bits per heavy atom. The van der Waals surface area contributed by atoms with Crippen molar-refractivity contribution in [2.75, 3.05) is 0 Å². The number of hydrogen-bond acceptors (Lipinski definition) is 4. The predicted molar refractivity (Wildman–Crippen MR) is 62.6 cm³/mol. The molecule has 1 heterocycles. The van der Waals surface area contributed by atoms with E-state index in [9.17, 15) is 14.4 Å². The summed E-state index contributed by atoms with van der Waals surface area (Å²) in [6, 6.07) is -0.968. The average molecular weight is 257 g/mol. The summed E-state index contributed by atoms with van der Waals surface area (Å²) in [5.41, 5.74) is 0. The minimum atomic E-state index is -1.09. The Labute approximate surface area is 106 Å². The molecular weight excluding hydrogens is 238 g/mol. The van der Waals surface area contributed by atoms with Crippen molar-refractivity contribution in [1.29, 1.82) is 0 Å². The summed E-state index contributed by atoms with van der Waals surface area (Å²) in [4.78, 5) is 34.0. The van der Waals surface area contributed by atoms with Crippen LogP contribution in [0.3, 0.4) is 0 Å². The molecule has 0 unspecified atom stereocenters. The maximum atomic E-state index is 11.9. The van der Waals surface area contributed by atoms with Crippen molar-refractivity contribution in [3.63, 3.8) is 0 Å². The third kappa shape index (κ3) is 2.80. The number of aliphatic carboxylic acids is 1. The summed E-state index contributed by atoms with van der Waals surface area (Å²) in [6.07, 6.45) is -0.863. The first-order valence-electron chi connectivity index (χ1n) is 5.99. The topological polar surface area (TPSA) is 92.7 Å². The fourth-order valence-corrected chi connectivity index (χ4v) is 1.92. The molecule has 1 rings (SSSR count). The van der Waals surface area contributed by atoms with Crippen LogP contribution in [-0.4, -0.2) is 35.1 Å². The first-order chi connectivity index (χ1) is 8.25. The van der Waals surface area contributed by atoms with E-state index in [0.29, 0.717) is 0 Å². The second kappa shape index (κ2) is 5.37. The first-order valence-corrected chi connectivity index (χ1v) is 5.99. The molecule has 6 nitrogen and oxygen atoms in total. The Morgan fingerprint density at radius 3 is 2.17 bits per heavy atom. The maximum Gasteiger partial charge on any atom is 0.326 e. The summed E-state index contributed by atoms with van der Waals surface area (Å²) in [6.45, 7) is 7.04. The second-order valence-corrected chi connectivity index (χ2v) is 5.20. The molecular formula is C12H19NO5. The summed E-state index contributed by atoms with van der Waals surface area (Å²) >= 11 is 0. The minimum absolute atomic E-state index is 0.00988. The van der Waals surface area contributed by atoms with Crippen molar-refractivity contribution >= 4 is 17.8 Å². The molecule has 1 aliphatic rings.